The summed E-state index contributed by atoms with van der Waals surface area (Å²) >= 11 is 0. The molecule has 0 saturated carbocycles. The van der Waals surface area contributed by atoms with E-state index in [1.807, 2.05) is 13.8 Å². The van der Waals surface area contributed by atoms with Crippen molar-refractivity contribution in [1.29, 1.82) is 0 Å². The number of nitrogens with zero attached hydrogens (tertiary/aromatic N) is 1. The molecule has 0 fully saturated rings. The van der Waals surface area contributed by atoms with Crippen LogP contribution in [0.25, 0.3) is 0 Å². The first-order valence-corrected chi connectivity index (χ1v) is 7.59. The van der Waals surface area contributed by atoms with Crippen LogP contribution in [-0.4, -0.2) is 42.9 Å². The zero-order valence-corrected chi connectivity index (χ0v) is 12.3. The lowest BCUT2D eigenvalue weighted by Gasteiger charge is -2.26. The van der Waals surface area contributed by atoms with Gasteiger partial charge < -0.3 is 5.11 Å². The molecule has 0 atom stereocenters. The normalized spacial score (nSPS) is 12.6. The Morgan fingerprint density at radius 3 is 2.22 bits per heavy atom. The quantitative estimate of drug-likeness (QED) is 0.661. The van der Waals surface area contributed by atoms with Gasteiger partial charge in [-0.3, -0.25) is 4.79 Å². The molecule has 2 N–H and O–H groups in total. The van der Waals surface area contributed by atoms with Gasteiger partial charge >= 0.3 is 5.97 Å². The maximum atomic E-state index is 12.0. The van der Waals surface area contributed by atoms with Gasteiger partial charge in [-0.05, 0) is 26.2 Å². The highest BCUT2D eigenvalue weighted by Gasteiger charge is 2.24. The number of rotatable bonds is 9. The van der Waals surface area contributed by atoms with Crippen LogP contribution in [0, 0.1) is 5.92 Å². The topological polar surface area (TPSA) is 86.7 Å². The molecule has 0 aromatic carbocycles. The second-order valence-corrected chi connectivity index (χ2v) is 6.66. The van der Waals surface area contributed by atoms with Crippen LogP contribution in [0.1, 0.15) is 40.5 Å². The number of nitrogens with one attached hydrogen (secondary N) is 1. The van der Waals surface area contributed by atoms with Crippen LogP contribution in [0.4, 0.5) is 0 Å². The highest BCUT2D eigenvalue weighted by Crippen LogP contribution is 2.08. The van der Waals surface area contributed by atoms with Gasteiger partial charge in [0.2, 0.25) is 0 Å². The Kier molecular flexibility index (Phi) is 7.42. The van der Waals surface area contributed by atoms with E-state index < -0.39 is 16.2 Å². The molecule has 0 rings (SSSR count). The minimum Gasteiger partial charge on any atom is -0.481 e. The summed E-state index contributed by atoms with van der Waals surface area (Å²) in [5.41, 5.74) is 0. The van der Waals surface area contributed by atoms with Crippen LogP contribution in [-0.2, 0) is 15.0 Å². The van der Waals surface area contributed by atoms with Crippen LogP contribution in [0.2, 0.25) is 0 Å². The molecule has 0 spiro atoms. The molecule has 7 heteroatoms. The Hall–Kier alpha value is -0.660. The van der Waals surface area contributed by atoms with E-state index in [-0.39, 0.29) is 24.9 Å². The van der Waals surface area contributed by atoms with E-state index in [2.05, 4.69) is 4.72 Å². The first-order valence-electron chi connectivity index (χ1n) is 6.15. The molecule has 0 aliphatic heterocycles. The summed E-state index contributed by atoms with van der Waals surface area (Å²) in [4.78, 5) is 10.4. The van der Waals surface area contributed by atoms with Gasteiger partial charge in [-0.1, -0.05) is 13.8 Å². The molecule has 0 amide bonds. The number of aliphatic carboxylic acids is 1. The van der Waals surface area contributed by atoms with E-state index >= 15 is 0 Å². The third-order valence-corrected chi connectivity index (χ3v) is 4.08. The summed E-state index contributed by atoms with van der Waals surface area (Å²) in [6.07, 6.45) is 0.291. The maximum Gasteiger partial charge on any atom is 0.303 e. The van der Waals surface area contributed by atoms with Gasteiger partial charge in [0, 0.05) is 25.6 Å². The largest absolute Gasteiger partial charge is 0.481 e. The van der Waals surface area contributed by atoms with E-state index in [9.17, 15) is 13.2 Å². The van der Waals surface area contributed by atoms with Gasteiger partial charge in [0.15, 0.2) is 0 Å². The SMILES string of the molecule is CC(C)CNS(=O)(=O)N(CCCC(=O)O)C(C)C. The molecule has 6 nitrogen and oxygen atoms in total. The molecule has 0 unspecified atom stereocenters. The Balaban J connectivity index is 4.52. The zero-order valence-electron chi connectivity index (χ0n) is 11.5. The Morgan fingerprint density at radius 1 is 1.28 bits per heavy atom. The Bertz CT molecular complexity index is 352. The van der Waals surface area contributed by atoms with Gasteiger partial charge in [-0.2, -0.15) is 12.7 Å². The van der Waals surface area contributed by atoms with Crippen molar-refractivity contribution >= 4 is 16.2 Å². The van der Waals surface area contributed by atoms with Gasteiger partial charge in [0.05, 0.1) is 0 Å². The van der Waals surface area contributed by atoms with E-state index in [4.69, 9.17) is 5.11 Å². The molecule has 18 heavy (non-hydrogen) atoms. The fourth-order valence-electron chi connectivity index (χ4n) is 1.40. The van der Waals surface area contributed by atoms with Gasteiger partial charge in [-0.25, -0.2) is 4.72 Å². The van der Waals surface area contributed by atoms with Crippen LogP contribution in [0.3, 0.4) is 0 Å². The summed E-state index contributed by atoms with van der Waals surface area (Å²) in [5.74, 6) is -0.681. The first-order chi connectivity index (χ1) is 8.16. The van der Waals surface area contributed by atoms with Crippen molar-refractivity contribution in [1.82, 2.24) is 9.03 Å². The molecule has 108 valence electrons. The van der Waals surface area contributed by atoms with E-state index in [1.54, 1.807) is 13.8 Å². The van der Waals surface area contributed by atoms with Crippen molar-refractivity contribution in [2.75, 3.05) is 13.1 Å². The Labute approximate surface area is 110 Å². The van der Waals surface area contributed by atoms with Crippen molar-refractivity contribution in [3.8, 4) is 0 Å². The summed E-state index contributed by atoms with van der Waals surface area (Å²) in [7, 11) is -3.52. The number of carboxylic acids is 1. The summed E-state index contributed by atoms with van der Waals surface area (Å²) in [6.45, 7) is 7.99. The molecule has 0 radical (unpaired) electrons. The van der Waals surface area contributed by atoms with Gasteiger partial charge in [-0.15, -0.1) is 0 Å². The lowest BCUT2D eigenvalue weighted by atomic mass is 10.2. The standard InChI is InChI=1S/C11H24N2O4S/c1-9(2)8-12-18(16,17)13(10(3)4)7-5-6-11(14)15/h9-10,12H,5-8H2,1-4H3,(H,14,15). The van der Waals surface area contributed by atoms with E-state index in [1.165, 1.54) is 4.31 Å². The van der Waals surface area contributed by atoms with E-state index in [0.717, 1.165) is 0 Å². The van der Waals surface area contributed by atoms with Gasteiger partial charge in [0.25, 0.3) is 10.2 Å². The lowest BCUT2D eigenvalue weighted by Crippen LogP contribution is -2.46. The number of carboxylic acid groups (broad SMARTS) is 1. The predicted molar refractivity (Wildman–Crippen MR) is 70.5 cm³/mol. The van der Waals surface area contributed by atoms with Crippen molar-refractivity contribution < 1.29 is 18.3 Å². The molecule has 0 aliphatic rings. The van der Waals surface area contributed by atoms with Crippen molar-refractivity contribution in [3.05, 3.63) is 0 Å². The molecular weight excluding hydrogens is 256 g/mol. The van der Waals surface area contributed by atoms with Crippen LogP contribution in [0.5, 0.6) is 0 Å². The van der Waals surface area contributed by atoms with Crippen LogP contribution in [0.15, 0.2) is 0 Å². The van der Waals surface area contributed by atoms with Crippen molar-refractivity contribution in [3.63, 3.8) is 0 Å². The second kappa shape index (κ2) is 7.70. The molecule has 0 aromatic heterocycles. The monoisotopic (exact) mass is 280 g/mol. The zero-order chi connectivity index (χ0) is 14.3. The summed E-state index contributed by atoms with van der Waals surface area (Å²) in [6, 6.07) is -0.191. The smallest absolute Gasteiger partial charge is 0.303 e. The van der Waals surface area contributed by atoms with Crippen LogP contribution < -0.4 is 4.72 Å². The fraction of sp³-hybridized carbons (Fsp3) is 0.909. The summed E-state index contributed by atoms with van der Waals surface area (Å²) < 4.78 is 27.9. The fourth-order valence-corrected chi connectivity index (χ4v) is 3.03. The molecule has 0 aliphatic carbocycles. The molecule has 0 heterocycles. The van der Waals surface area contributed by atoms with Crippen LogP contribution >= 0.6 is 0 Å². The number of hydrogen-bond donors (Lipinski definition) is 2. The average Bonchev–Trinajstić information content (AvgIpc) is 2.20. The highest BCUT2D eigenvalue weighted by atomic mass is 32.2. The highest BCUT2D eigenvalue weighted by molar-refractivity contribution is 7.87. The second-order valence-electron chi connectivity index (χ2n) is 4.95. The van der Waals surface area contributed by atoms with Gasteiger partial charge in [0.1, 0.15) is 0 Å². The third-order valence-electron chi connectivity index (χ3n) is 2.33. The predicted octanol–water partition coefficient (Wildman–Crippen LogP) is 1.05. The lowest BCUT2D eigenvalue weighted by molar-refractivity contribution is -0.137. The average molecular weight is 280 g/mol. The molecule has 0 saturated heterocycles. The van der Waals surface area contributed by atoms with E-state index in [0.29, 0.717) is 13.0 Å². The first kappa shape index (κ1) is 17.3. The number of hydrogen-bond acceptors (Lipinski definition) is 3. The molecule has 0 aromatic rings. The number of carbonyl (C=O) groups is 1. The minimum atomic E-state index is -3.52. The molecule has 0 bridgehead atoms. The maximum absolute atomic E-state index is 12.0. The minimum absolute atomic E-state index is 0.0249. The molecular formula is C11H24N2O4S. The van der Waals surface area contributed by atoms with Crippen molar-refractivity contribution in [2.45, 2.75) is 46.6 Å². The summed E-state index contributed by atoms with van der Waals surface area (Å²) in [5, 5.41) is 8.56. The third kappa shape index (κ3) is 6.93. The Morgan fingerprint density at radius 2 is 1.83 bits per heavy atom. The van der Waals surface area contributed by atoms with Crippen molar-refractivity contribution in [2.24, 2.45) is 5.92 Å².